The maximum absolute atomic E-state index is 14.6. The molecule has 0 heterocycles. The molecule has 1 aliphatic carbocycles. The van der Waals surface area contributed by atoms with Gasteiger partial charge in [-0.05, 0) is 66.4 Å². The molecule has 0 aliphatic heterocycles. The molecule has 1 aliphatic rings. The summed E-state index contributed by atoms with van der Waals surface area (Å²) in [4.78, 5) is 30.2. The van der Waals surface area contributed by atoms with Crippen LogP contribution in [0.5, 0.6) is 0 Å². The second kappa shape index (κ2) is 15.5. The highest BCUT2D eigenvalue weighted by Gasteiger charge is 2.36. The lowest BCUT2D eigenvalue weighted by atomic mass is 10.0. The summed E-state index contributed by atoms with van der Waals surface area (Å²) in [5.74, 6) is -0.859. The van der Waals surface area contributed by atoms with Gasteiger partial charge in [0.05, 0.1) is 10.6 Å². The Morgan fingerprint density at radius 2 is 1.54 bits per heavy atom. The van der Waals surface area contributed by atoms with E-state index in [0.29, 0.717) is 25.8 Å². The van der Waals surface area contributed by atoms with Crippen LogP contribution in [0.15, 0.2) is 112 Å². The summed E-state index contributed by atoms with van der Waals surface area (Å²) in [7, 11) is -4.19. The molecule has 0 aromatic heterocycles. The van der Waals surface area contributed by atoms with Crippen molar-refractivity contribution in [2.45, 2.75) is 55.6 Å². The third-order valence-electron chi connectivity index (χ3n) is 8.03. The molecular weight excluding hydrogens is 709 g/mol. The fraction of sp³-hybridized carbons (Fsp3) is 0.257. The molecular formula is C35H34BrCl2N3O4S. The molecule has 4 aromatic carbocycles. The van der Waals surface area contributed by atoms with Crippen LogP contribution >= 0.6 is 39.1 Å². The maximum atomic E-state index is 14.6. The van der Waals surface area contributed by atoms with Crippen LogP contribution < -0.4 is 9.62 Å². The van der Waals surface area contributed by atoms with Crippen molar-refractivity contribution >= 4 is 66.7 Å². The summed E-state index contributed by atoms with van der Waals surface area (Å²) in [5, 5.41) is 3.93. The second-order valence-electron chi connectivity index (χ2n) is 11.3. The van der Waals surface area contributed by atoms with E-state index in [1.807, 2.05) is 30.3 Å². The average molecular weight is 744 g/mol. The SMILES string of the molecule is O=C(NC1CCCC1)C(Cc1ccccc1)N(Cc1ccc(Cl)cc1Cl)C(=O)CN(c1cccc(Br)c1)S(=O)(=O)c1ccccc1. The lowest BCUT2D eigenvalue weighted by molar-refractivity contribution is -0.140. The van der Waals surface area contributed by atoms with Gasteiger partial charge in [-0.25, -0.2) is 8.42 Å². The van der Waals surface area contributed by atoms with Gasteiger partial charge in [-0.3, -0.25) is 13.9 Å². The molecule has 0 spiro atoms. The summed E-state index contributed by atoms with van der Waals surface area (Å²) in [6.45, 7) is -0.594. The van der Waals surface area contributed by atoms with Crippen molar-refractivity contribution in [2.24, 2.45) is 0 Å². The first-order valence-corrected chi connectivity index (χ1v) is 18.0. The molecule has 1 saturated carbocycles. The normalized spacial score (nSPS) is 14.1. The minimum atomic E-state index is -4.19. The van der Waals surface area contributed by atoms with Crippen LogP contribution in [-0.4, -0.2) is 43.8 Å². The van der Waals surface area contributed by atoms with E-state index < -0.39 is 28.5 Å². The summed E-state index contributed by atoms with van der Waals surface area (Å²) in [5.41, 5.74) is 1.73. The van der Waals surface area contributed by atoms with Gasteiger partial charge in [-0.1, -0.05) is 113 Å². The van der Waals surface area contributed by atoms with Gasteiger partial charge in [0.1, 0.15) is 12.6 Å². The fourth-order valence-corrected chi connectivity index (χ4v) is 7.92. The lowest BCUT2D eigenvalue weighted by Gasteiger charge is -2.34. The van der Waals surface area contributed by atoms with Crippen LogP contribution in [0, 0.1) is 0 Å². The maximum Gasteiger partial charge on any atom is 0.264 e. The van der Waals surface area contributed by atoms with Gasteiger partial charge in [0.2, 0.25) is 11.8 Å². The van der Waals surface area contributed by atoms with Crippen molar-refractivity contribution in [1.82, 2.24) is 10.2 Å². The number of nitrogens with one attached hydrogen (secondary N) is 1. The van der Waals surface area contributed by atoms with E-state index in [0.717, 1.165) is 35.6 Å². The average Bonchev–Trinajstić information content (AvgIpc) is 3.56. The number of hydrogen-bond donors (Lipinski definition) is 1. The van der Waals surface area contributed by atoms with Crippen LogP contribution in [0.2, 0.25) is 10.0 Å². The van der Waals surface area contributed by atoms with Gasteiger partial charge in [-0.15, -0.1) is 0 Å². The molecule has 5 rings (SSSR count). The number of nitrogens with zero attached hydrogens (tertiary/aromatic N) is 2. The van der Waals surface area contributed by atoms with Crippen molar-refractivity contribution in [3.05, 3.63) is 129 Å². The molecule has 4 aromatic rings. The Bertz CT molecular complexity index is 1770. The molecule has 0 saturated heterocycles. The minimum Gasteiger partial charge on any atom is -0.352 e. The van der Waals surface area contributed by atoms with Gasteiger partial charge >= 0.3 is 0 Å². The predicted molar refractivity (Wildman–Crippen MR) is 186 cm³/mol. The Morgan fingerprint density at radius 1 is 0.870 bits per heavy atom. The molecule has 46 heavy (non-hydrogen) atoms. The number of benzene rings is 4. The van der Waals surface area contributed by atoms with Crippen molar-refractivity contribution in [3.63, 3.8) is 0 Å². The Morgan fingerprint density at radius 3 is 2.20 bits per heavy atom. The highest BCUT2D eigenvalue weighted by molar-refractivity contribution is 9.10. The highest BCUT2D eigenvalue weighted by Crippen LogP contribution is 2.29. The largest absolute Gasteiger partial charge is 0.352 e. The zero-order valence-corrected chi connectivity index (χ0v) is 28.9. The fourth-order valence-electron chi connectivity index (χ4n) is 5.63. The number of anilines is 1. The molecule has 240 valence electrons. The molecule has 1 atom stereocenters. The zero-order valence-electron chi connectivity index (χ0n) is 25.0. The van der Waals surface area contributed by atoms with Crippen LogP contribution in [0.3, 0.4) is 0 Å². The molecule has 7 nitrogen and oxygen atoms in total. The summed E-state index contributed by atoms with van der Waals surface area (Å²) < 4.78 is 29.9. The number of hydrogen-bond acceptors (Lipinski definition) is 4. The Hall–Kier alpha value is -3.37. The number of carbonyl (C=O) groups is 2. The predicted octanol–water partition coefficient (Wildman–Crippen LogP) is 7.65. The van der Waals surface area contributed by atoms with Crippen molar-refractivity contribution in [1.29, 1.82) is 0 Å². The molecule has 1 fully saturated rings. The Balaban J connectivity index is 1.58. The third-order valence-corrected chi connectivity index (χ3v) is 10.9. The molecule has 11 heteroatoms. The van der Waals surface area contributed by atoms with Crippen molar-refractivity contribution < 1.29 is 18.0 Å². The van der Waals surface area contributed by atoms with Crippen LogP contribution in [0.1, 0.15) is 36.8 Å². The van der Waals surface area contributed by atoms with E-state index >= 15 is 0 Å². The third kappa shape index (κ3) is 8.50. The second-order valence-corrected chi connectivity index (χ2v) is 14.9. The van der Waals surface area contributed by atoms with E-state index in [1.165, 1.54) is 17.0 Å². The van der Waals surface area contributed by atoms with Gasteiger partial charge < -0.3 is 10.2 Å². The van der Waals surface area contributed by atoms with E-state index in [2.05, 4.69) is 21.2 Å². The first-order chi connectivity index (χ1) is 22.1. The van der Waals surface area contributed by atoms with E-state index in [-0.39, 0.29) is 29.8 Å². The summed E-state index contributed by atoms with van der Waals surface area (Å²) in [6, 6.07) is 28.2. The molecule has 2 amide bonds. The Kier molecular flexibility index (Phi) is 11.4. The minimum absolute atomic E-state index is 0.0125. The summed E-state index contributed by atoms with van der Waals surface area (Å²) in [6.07, 6.45) is 4.00. The van der Waals surface area contributed by atoms with E-state index in [4.69, 9.17) is 23.2 Å². The van der Waals surface area contributed by atoms with Crippen LogP contribution in [-0.2, 0) is 32.6 Å². The Labute approximate surface area is 288 Å². The number of amides is 2. The standard InChI is InChI=1S/C35H34BrCl2N3O4S/c36-27-12-9-15-30(21-27)41(46(44,45)31-16-5-2-6-17-31)24-34(42)40(23-26-18-19-28(37)22-32(26)38)33(20-25-10-3-1-4-11-25)35(43)39-29-13-7-8-14-29/h1-6,9-12,15-19,21-22,29,33H,7-8,13-14,20,23-24H2,(H,39,43). The smallest absolute Gasteiger partial charge is 0.264 e. The first-order valence-electron chi connectivity index (χ1n) is 15.0. The lowest BCUT2D eigenvalue weighted by Crippen LogP contribution is -2.54. The molecule has 1 unspecified atom stereocenters. The molecule has 1 N–H and O–H groups in total. The number of halogens is 3. The van der Waals surface area contributed by atoms with Crippen LogP contribution in [0.25, 0.3) is 0 Å². The van der Waals surface area contributed by atoms with Crippen LogP contribution in [0.4, 0.5) is 5.69 Å². The van der Waals surface area contributed by atoms with Gasteiger partial charge in [0.25, 0.3) is 10.0 Å². The molecule has 0 bridgehead atoms. The monoisotopic (exact) mass is 741 g/mol. The van der Waals surface area contributed by atoms with E-state index in [1.54, 1.807) is 60.7 Å². The summed E-state index contributed by atoms with van der Waals surface area (Å²) >= 11 is 16.2. The topological polar surface area (TPSA) is 86.8 Å². The highest BCUT2D eigenvalue weighted by atomic mass is 79.9. The quantitative estimate of drug-likeness (QED) is 0.162. The number of sulfonamides is 1. The molecule has 0 radical (unpaired) electrons. The van der Waals surface area contributed by atoms with Crippen molar-refractivity contribution in [3.8, 4) is 0 Å². The first kappa shape index (κ1) is 34.0. The van der Waals surface area contributed by atoms with Gasteiger partial charge in [0.15, 0.2) is 0 Å². The van der Waals surface area contributed by atoms with E-state index in [9.17, 15) is 18.0 Å². The van der Waals surface area contributed by atoms with Gasteiger partial charge in [-0.2, -0.15) is 0 Å². The number of rotatable bonds is 12. The zero-order chi connectivity index (χ0) is 32.7. The van der Waals surface area contributed by atoms with Crippen molar-refractivity contribution in [2.75, 3.05) is 10.8 Å². The van der Waals surface area contributed by atoms with Gasteiger partial charge in [0, 0.05) is 33.5 Å². The number of carbonyl (C=O) groups excluding carboxylic acids is 2.